The zero-order valence-corrected chi connectivity index (χ0v) is 10.9. The molecule has 0 saturated heterocycles. The fourth-order valence-electron chi connectivity index (χ4n) is 1.44. The van der Waals surface area contributed by atoms with Crippen molar-refractivity contribution in [1.29, 1.82) is 0 Å². The van der Waals surface area contributed by atoms with Crippen LogP contribution in [0.4, 0.5) is 0 Å². The Kier molecular flexibility index (Phi) is 5.47. The van der Waals surface area contributed by atoms with E-state index in [4.69, 9.17) is 4.74 Å². The summed E-state index contributed by atoms with van der Waals surface area (Å²) in [5, 5.41) is 4.56. The molecule has 1 rings (SSSR count). The highest BCUT2D eigenvalue weighted by atomic mass is 32.2. The quantitative estimate of drug-likeness (QED) is 0.785. The summed E-state index contributed by atoms with van der Waals surface area (Å²) in [6.45, 7) is 7.34. The SMILES string of the molecule is CCC1CSC(NC(COC)C(C)C)=N1. The molecule has 0 bridgehead atoms. The summed E-state index contributed by atoms with van der Waals surface area (Å²) < 4.78 is 5.20. The van der Waals surface area contributed by atoms with Crippen LogP contribution in [0.5, 0.6) is 0 Å². The topological polar surface area (TPSA) is 33.6 Å². The Bertz CT molecular complexity index is 219. The van der Waals surface area contributed by atoms with Crippen molar-refractivity contribution in [3.8, 4) is 0 Å². The van der Waals surface area contributed by atoms with Gasteiger partial charge in [0.15, 0.2) is 5.17 Å². The van der Waals surface area contributed by atoms with Gasteiger partial charge in [0.2, 0.25) is 0 Å². The van der Waals surface area contributed by atoms with Crippen LogP contribution in [0.2, 0.25) is 0 Å². The van der Waals surface area contributed by atoms with Gasteiger partial charge in [0, 0.05) is 12.9 Å². The van der Waals surface area contributed by atoms with Gasteiger partial charge in [0.05, 0.1) is 18.7 Å². The lowest BCUT2D eigenvalue weighted by Gasteiger charge is -2.21. The van der Waals surface area contributed by atoms with E-state index in [9.17, 15) is 0 Å². The molecule has 2 atom stereocenters. The number of aliphatic imine (C=N–C) groups is 1. The molecule has 0 spiro atoms. The molecule has 2 unspecified atom stereocenters. The minimum atomic E-state index is 0.372. The van der Waals surface area contributed by atoms with Gasteiger partial charge in [-0.15, -0.1) is 0 Å². The van der Waals surface area contributed by atoms with Crippen LogP contribution in [0, 0.1) is 5.92 Å². The molecule has 88 valence electrons. The van der Waals surface area contributed by atoms with Crippen molar-refractivity contribution in [3.63, 3.8) is 0 Å². The Morgan fingerprint density at radius 1 is 1.60 bits per heavy atom. The molecule has 4 heteroatoms. The van der Waals surface area contributed by atoms with E-state index in [-0.39, 0.29) is 0 Å². The molecular weight excluding hydrogens is 208 g/mol. The predicted molar refractivity (Wildman–Crippen MR) is 67.6 cm³/mol. The van der Waals surface area contributed by atoms with E-state index in [0.29, 0.717) is 18.0 Å². The first-order valence-corrected chi connectivity index (χ1v) is 6.62. The van der Waals surface area contributed by atoms with Gasteiger partial charge >= 0.3 is 0 Å². The van der Waals surface area contributed by atoms with Crippen LogP contribution in [-0.2, 0) is 4.74 Å². The van der Waals surface area contributed by atoms with Gasteiger partial charge in [-0.3, -0.25) is 4.99 Å². The number of hydrogen-bond donors (Lipinski definition) is 1. The third-order valence-corrected chi connectivity index (χ3v) is 3.69. The van der Waals surface area contributed by atoms with Crippen LogP contribution in [0.3, 0.4) is 0 Å². The van der Waals surface area contributed by atoms with E-state index in [2.05, 4.69) is 31.1 Å². The van der Waals surface area contributed by atoms with Crippen molar-refractivity contribution in [3.05, 3.63) is 0 Å². The Labute approximate surface area is 97.1 Å². The maximum Gasteiger partial charge on any atom is 0.157 e. The Hall–Kier alpha value is -0.220. The number of ether oxygens (including phenoxy) is 1. The molecule has 0 aromatic heterocycles. The van der Waals surface area contributed by atoms with Crippen molar-refractivity contribution in [2.24, 2.45) is 10.9 Å². The summed E-state index contributed by atoms with van der Waals surface area (Å²) in [7, 11) is 1.75. The highest BCUT2D eigenvalue weighted by Crippen LogP contribution is 2.19. The van der Waals surface area contributed by atoms with Crippen LogP contribution in [0.15, 0.2) is 4.99 Å². The van der Waals surface area contributed by atoms with Crippen LogP contribution < -0.4 is 5.32 Å². The fraction of sp³-hybridized carbons (Fsp3) is 0.909. The van der Waals surface area contributed by atoms with Gasteiger partial charge in [-0.2, -0.15) is 0 Å². The summed E-state index contributed by atoms with van der Waals surface area (Å²) in [5.74, 6) is 1.69. The van der Waals surface area contributed by atoms with Gasteiger partial charge in [0.25, 0.3) is 0 Å². The maximum absolute atomic E-state index is 5.20. The molecule has 3 nitrogen and oxygen atoms in total. The summed E-state index contributed by atoms with van der Waals surface area (Å²) in [6.07, 6.45) is 1.13. The minimum absolute atomic E-state index is 0.372. The number of thioether (sulfide) groups is 1. The Morgan fingerprint density at radius 3 is 2.80 bits per heavy atom. The molecular formula is C11H22N2OS. The van der Waals surface area contributed by atoms with Crippen molar-refractivity contribution in [2.45, 2.75) is 39.3 Å². The van der Waals surface area contributed by atoms with E-state index in [1.165, 1.54) is 0 Å². The highest BCUT2D eigenvalue weighted by Gasteiger charge is 2.20. The molecule has 15 heavy (non-hydrogen) atoms. The molecule has 0 fully saturated rings. The second kappa shape index (κ2) is 6.38. The molecule has 1 heterocycles. The smallest absolute Gasteiger partial charge is 0.157 e. The van der Waals surface area contributed by atoms with E-state index in [0.717, 1.165) is 23.9 Å². The first kappa shape index (κ1) is 12.8. The largest absolute Gasteiger partial charge is 0.383 e. The average molecular weight is 230 g/mol. The molecule has 0 aromatic carbocycles. The van der Waals surface area contributed by atoms with E-state index < -0.39 is 0 Å². The Balaban J connectivity index is 2.44. The molecule has 1 N–H and O–H groups in total. The summed E-state index contributed by atoms with van der Waals surface area (Å²) in [6, 6.07) is 0.879. The molecule has 0 saturated carbocycles. The molecule has 0 radical (unpaired) electrons. The van der Waals surface area contributed by atoms with Crippen molar-refractivity contribution >= 4 is 16.9 Å². The van der Waals surface area contributed by atoms with E-state index >= 15 is 0 Å². The lowest BCUT2D eigenvalue weighted by molar-refractivity contribution is 0.156. The van der Waals surface area contributed by atoms with Crippen LogP contribution in [-0.4, -0.2) is 36.7 Å². The lowest BCUT2D eigenvalue weighted by Crippen LogP contribution is -2.40. The first-order chi connectivity index (χ1) is 7.17. The van der Waals surface area contributed by atoms with Gasteiger partial charge in [-0.1, -0.05) is 32.5 Å². The zero-order valence-electron chi connectivity index (χ0n) is 10.1. The zero-order chi connectivity index (χ0) is 11.3. The number of methoxy groups -OCH3 is 1. The third-order valence-electron chi connectivity index (χ3n) is 2.64. The van der Waals surface area contributed by atoms with Gasteiger partial charge in [-0.25, -0.2) is 0 Å². The number of hydrogen-bond acceptors (Lipinski definition) is 4. The number of rotatable bonds is 5. The van der Waals surface area contributed by atoms with Gasteiger partial charge in [-0.05, 0) is 12.3 Å². The number of nitrogens with one attached hydrogen (secondary N) is 1. The van der Waals surface area contributed by atoms with Crippen LogP contribution >= 0.6 is 11.8 Å². The van der Waals surface area contributed by atoms with E-state index in [1.807, 2.05) is 11.8 Å². The van der Waals surface area contributed by atoms with Gasteiger partial charge < -0.3 is 10.1 Å². The number of amidine groups is 1. The molecule has 1 aliphatic heterocycles. The second-order valence-electron chi connectivity index (χ2n) is 4.26. The van der Waals surface area contributed by atoms with Crippen molar-refractivity contribution in [2.75, 3.05) is 19.5 Å². The number of nitrogens with zero attached hydrogens (tertiary/aromatic N) is 1. The third kappa shape index (κ3) is 4.03. The fourth-order valence-corrected chi connectivity index (χ4v) is 2.56. The molecule has 1 aliphatic rings. The van der Waals surface area contributed by atoms with Crippen LogP contribution in [0.25, 0.3) is 0 Å². The summed E-state index contributed by atoms with van der Waals surface area (Å²) >= 11 is 1.83. The second-order valence-corrected chi connectivity index (χ2v) is 5.27. The standard InChI is InChI=1S/C11H22N2OS/c1-5-9-7-15-11(12-9)13-10(6-14-4)8(2)3/h8-10H,5-7H2,1-4H3,(H,12,13). The monoisotopic (exact) mass is 230 g/mol. The average Bonchev–Trinajstić information content (AvgIpc) is 2.65. The maximum atomic E-state index is 5.20. The minimum Gasteiger partial charge on any atom is -0.383 e. The summed E-state index contributed by atoms with van der Waals surface area (Å²) in [5.41, 5.74) is 0. The highest BCUT2D eigenvalue weighted by molar-refractivity contribution is 8.14. The normalized spacial score (nSPS) is 23.0. The Morgan fingerprint density at radius 2 is 2.33 bits per heavy atom. The molecule has 0 aromatic rings. The van der Waals surface area contributed by atoms with E-state index in [1.54, 1.807) is 7.11 Å². The van der Waals surface area contributed by atoms with Crippen molar-refractivity contribution in [1.82, 2.24) is 5.32 Å². The van der Waals surface area contributed by atoms with Gasteiger partial charge in [0.1, 0.15) is 0 Å². The molecule has 0 amide bonds. The molecule has 0 aliphatic carbocycles. The predicted octanol–water partition coefficient (Wildman–Crippen LogP) is 2.13. The lowest BCUT2D eigenvalue weighted by atomic mass is 10.1. The van der Waals surface area contributed by atoms with Crippen molar-refractivity contribution < 1.29 is 4.74 Å². The summed E-state index contributed by atoms with van der Waals surface area (Å²) in [4.78, 5) is 4.62. The van der Waals surface area contributed by atoms with Crippen LogP contribution in [0.1, 0.15) is 27.2 Å². The first-order valence-electron chi connectivity index (χ1n) is 5.63.